The molecule has 0 aromatic heterocycles. The Labute approximate surface area is 97.8 Å². The summed E-state index contributed by atoms with van der Waals surface area (Å²) < 4.78 is 4.85. The van der Waals surface area contributed by atoms with Crippen LogP contribution in [0.15, 0.2) is 24.3 Å². The molecule has 1 N–H and O–H groups in total. The van der Waals surface area contributed by atoms with E-state index >= 15 is 0 Å². The van der Waals surface area contributed by atoms with E-state index in [1.165, 1.54) is 12.1 Å². The monoisotopic (exact) mass is 242 g/mol. The van der Waals surface area contributed by atoms with Gasteiger partial charge >= 0.3 is 11.9 Å². The van der Waals surface area contributed by atoms with Crippen LogP contribution < -0.4 is 0 Å². The summed E-state index contributed by atoms with van der Waals surface area (Å²) in [5.41, 5.74) is -0.0398. The molecule has 0 bridgehead atoms. The van der Waals surface area contributed by atoms with Crippen LogP contribution in [0.1, 0.15) is 27.6 Å². The fourth-order valence-corrected chi connectivity index (χ4v) is 1.18. The molecular formula is C11H11ClO4. The van der Waals surface area contributed by atoms with Crippen molar-refractivity contribution in [1.29, 1.82) is 0 Å². The van der Waals surface area contributed by atoms with Gasteiger partial charge in [-0.1, -0.05) is 12.1 Å². The molecule has 1 aromatic rings. The largest absolute Gasteiger partial charge is 0.478 e. The van der Waals surface area contributed by atoms with Crippen molar-refractivity contribution in [2.75, 3.05) is 6.61 Å². The minimum Gasteiger partial charge on any atom is -0.478 e. The molecule has 0 radical (unpaired) electrons. The van der Waals surface area contributed by atoms with Gasteiger partial charge in [0.1, 0.15) is 6.61 Å². The van der Waals surface area contributed by atoms with Crippen molar-refractivity contribution in [2.45, 2.75) is 12.3 Å². The molecular weight excluding hydrogens is 232 g/mol. The molecule has 1 unspecified atom stereocenters. The molecule has 0 aliphatic rings. The zero-order chi connectivity index (χ0) is 12.1. The lowest BCUT2D eigenvalue weighted by atomic mass is 10.1. The summed E-state index contributed by atoms with van der Waals surface area (Å²) in [4.78, 5) is 22.4. The Morgan fingerprint density at radius 3 is 2.44 bits per heavy atom. The Balaban J connectivity index is 2.86. The molecule has 0 fully saturated rings. The highest BCUT2D eigenvalue weighted by atomic mass is 35.5. The van der Waals surface area contributed by atoms with E-state index < -0.39 is 11.9 Å². The predicted molar refractivity (Wildman–Crippen MR) is 59.0 cm³/mol. The molecule has 0 heterocycles. The van der Waals surface area contributed by atoms with Crippen molar-refractivity contribution < 1.29 is 19.4 Å². The summed E-state index contributed by atoms with van der Waals surface area (Å²) in [6, 6.07) is 5.88. The Hall–Kier alpha value is -1.55. The van der Waals surface area contributed by atoms with Crippen LogP contribution in [0.2, 0.25) is 0 Å². The lowest BCUT2D eigenvalue weighted by Crippen LogP contribution is -2.15. The van der Waals surface area contributed by atoms with Crippen LogP contribution in [0.3, 0.4) is 0 Å². The van der Waals surface area contributed by atoms with Gasteiger partial charge in [-0.05, 0) is 19.1 Å². The van der Waals surface area contributed by atoms with Crippen molar-refractivity contribution >= 4 is 23.5 Å². The maximum absolute atomic E-state index is 11.5. The molecule has 0 saturated heterocycles. The summed E-state index contributed by atoms with van der Waals surface area (Å²) >= 11 is 5.62. The third kappa shape index (κ3) is 3.24. The number of carbonyl (C=O) groups excluding carboxylic acids is 1. The third-order valence-electron chi connectivity index (χ3n) is 1.82. The summed E-state index contributed by atoms with van der Waals surface area (Å²) in [6.07, 6.45) is 0. The first-order valence-electron chi connectivity index (χ1n) is 4.66. The fourth-order valence-electron chi connectivity index (χ4n) is 1.12. The Morgan fingerprint density at radius 2 is 1.94 bits per heavy atom. The van der Waals surface area contributed by atoms with Gasteiger partial charge in [0.05, 0.1) is 16.5 Å². The van der Waals surface area contributed by atoms with Crippen molar-refractivity contribution in [3.05, 3.63) is 35.4 Å². The maximum atomic E-state index is 11.5. The van der Waals surface area contributed by atoms with Gasteiger partial charge in [-0.3, -0.25) is 0 Å². The highest BCUT2D eigenvalue weighted by Gasteiger charge is 2.17. The standard InChI is InChI=1S/C11H11ClO4/c1-7(12)6-16-11(15)9-5-3-2-4-8(9)10(13)14/h2-5,7H,6H2,1H3,(H,13,14). The van der Waals surface area contributed by atoms with Gasteiger partial charge in [0.2, 0.25) is 0 Å². The van der Waals surface area contributed by atoms with Gasteiger partial charge in [0.25, 0.3) is 0 Å². The average molecular weight is 243 g/mol. The second-order valence-corrected chi connectivity index (χ2v) is 3.98. The second kappa shape index (κ2) is 5.51. The van der Waals surface area contributed by atoms with Gasteiger partial charge < -0.3 is 9.84 Å². The maximum Gasteiger partial charge on any atom is 0.339 e. The van der Waals surface area contributed by atoms with E-state index in [4.69, 9.17) is 21.4 Å². The first-order valence-corrected chi connectivity index (χ1v) is 5.09. The highest BCUT2D eigenvalue weighted by Crippen LogP contribution is 2.10. The summed E-state index contributed by atoms with van der Waals surface area (Å²) in [5, 5.41) is 8.55. The predicted octanol–water partition coefficient (Wildman–Crippen LogP) is 2.17. The normalized spacial score (nSPS) is 11.9. The second-order valence-electron chi connectivity index (χ2n) is 3.23. The van der Waals surface area contributed by atoms with Gasteiger partial charge in [-0.25, -0.2) is 9.59 Å². The average Bonchev–Trinajstić information content (AvgIpc) is 2.25. The van der Waals surface area contributed by atoms with Crippen LogP contribution in [-0.2, 0) is 4.74 Å². The Morgan fingerprint density at radius 1 is 1.38 bits per heavy atom. The van der Waals surface area contributed by atoms with Crippen LogP contribution in [-0.4, -0.2) is 29.0 Å². The number of halogens is 1. The molecule has 0 amide bonds. The van der Waals surface area contributed by atoms with Crippen LogP contribution in [0.5, 0.6) is 0 Å². The van der Waals surface area contributed by atoms with Crippen LogP contribution >= 0.6 is 11.6 Å². The molecule has 86 valence electrons. The van der Waals surface area contributed by atoms with E-state index in [1.807, 2.05) is 0 Å². The van der Waals surface area contributed by atoms with Crippen molar-refractivity contribution in [3.8, 4) is 0 Å². The molecule has 1 aromatic carbocycles. The zero-order valence-corrected chi connectivity index (χ0v) is 9.40. The lowest BCUT2D eigenvalue weighted by Gasteiger charge is -2.07. The topological polar surface area (TPSA) is 63.6 Å². The Kier molecular flexibility index (Phi) is 4.31. The van der Waals surface area contributed by atoms with E-state index in [0.717, 1.165) is 0 Å². The molecule has 0 aliphatic heterocycles. The van der Waals surface area contributed by atoms with E-state index in [0.29, 0.717) is 0 Å². The third-order valence-corrected chi connectivity index (χ3v) is 1.95. The molecule has 0 aliphatic carbocycles. The summed E-state index contributed by atoms with van der Waals surface area (Å²) in [6.45, 7) is 1.73. The van der Waals surface area contributed by atoms with Gasteiger partial charge in [0.15, 0.2) is 0 Å². The van der Waals surface area contributed by atoms with Gasteiger partial charge in [-0.15, -0.1) is 11.6 Å². The first-order chi connectivity index (χ1) is 7.52. The number of alkyl halides is 1. The number of ether oxygens (including phenoxy) is 1. The molecule has 0 spiro atoms. The quantitative estimate of drug-likeness (QED) is 0.649. The molecule has 1 atom stereocenters. The minimum atomic E-state index is -1.16. The van der Waals surface area contributed by atoms with Gasteiger partial charge in [-0.2, -0.15) is 0 Å². The number of carboxylic acid groups (broad SMARTS) is 1. The Bertz CT molecular complexity index is 401. The van der Waals surface area contributed by atoms with E-state index in [9.17, 15) is 9.59 Å². The van der Waals surface area contributed by atoms with Crippen molar-refractivity contribution in [1.82, 2.24) is 0 Å². The van der Waals surface area contributed by atoms with Crippen LogP contribution in [0, 0.1) is 0 Å². The van der Waals surface area contributed by atoms with Crippen LogP contribution in [0.4, 0.5) is 0 Å². The number of benzene rings is 1. The summed E-state index contributed by atoms with van der Waals surface area (Å²) in [5.74, 6) is -1.84. The van der Waals surface area contributed by atoms with Crippen molar-refractivity contribution in [3.63, 3.8) is 0 Å². The number of esters is 1. The number of carboxylic acids is 1. The lowest BCUT2D eigenvalue weighted by molar-refractivity contribution is 0.0497. The summed E-state index contributed by atoms with van der Waals surface area (Å²) in [7, 11) is 0. The molecule has 4 nitrogen and oxygen atoms in total. The number of aromatic carboxylic acids is 1. The SMILES string of the molecule is CC(Cl)COC(=O)c1ccccc1C(=O)O. The van der Waals surface area contributed by atoms with Crippen molar-refractivity contribution in [2.24, 2.45) is 0 Å². The van der Waals surface area contributed by atoms with Crippen LogP contribution in [0.25, 0.3) is 0 Å². The minimum absolute atomic E-state index is 0.0346. The van der Waals surface area contributed by atoms with E-state index in [-0.39, 0.29) is 23.1 Å². The van der Waals surface area contributed by atoms with E-state index in [1.54, 1.807) is 19.1 Å². The number of hydrogen-bond donors (Lipinski definition) is 1. The number of rotatable bonds is 4. The van der Waals surface area contributed by atoms with E-state index in [2.05, 4.69) is 0 Å². The highest BCUT2D eigenvalue weighted by molar-refractivity contribution is 6.20. The molecule has 1 rings (SSSR count). The molecule has 16 heavy (non-hydrogen) atoms. The fraction of sp³-hybridized carbons (Fsp3) is 0.273. The molecule has 5 heteroatoms. The zero-order valence-electron chi connectivity index (χ0n) is 8.64. The van der Waals surface area contributed by atoms with Gasteiger partial charge in [0, 0.05) is 0 Å². The number of carbonyl (C=O) groups is 2. The number of hydrogen-bond acceptors (Lipinski definition) is 3. The first kappa shape index (κ1) is 12.5. The smallest absolute Gasteiger partial charge is 0.339 e. The molecule has 0 saturated carbocycles.